The van der Waals surface area contributed by atoms with Crippen LogP contribution in [-0.2, 0) is 0 Å². The van der Waals surface area contributed by atoms with Crippen LogP contribution in [0, 0.1) is 5.92 Å². The van der Waals surface area contributed by atoms with Gasteiger partial charge in [-0.2, -0.15) is 0 Å². The molecular formula is C16H27NO. The summed E-state index contributed by atoms with van der Waals surface area (Å²) in [6, 6.07) is 8.68. The zero-order valence-electron chi connectivity index (χ0n) is 12.2. The number of hydrogen-bond donors (Lipinski definition) is 1. The monoisotopic (exact) mass is 249 g/mol. The Morgan fingerprint density at radius 1 is 1.17 bits per heavy atom. The summed E-state index contributed by atoms with van der Waals surface area (Å²) in [5.41, 5.74) is 1.25. The smallest absolute Gasteiger partial charge is 0.124 e. The van der Waals surface area contributed by atoms with E-state index in [1.807, 2.05) is 6.07 Å². The molecule has 2 nitrogen and oxygen atoms in total. The Morgan fingerprint density at radius 2 is 1.89 bits per heavy atom. The van der Waals surface area contributed by atoms with E-state index in [0.29, 0.717) is 12.0 Å². The summed E-state index contributed by atoms with van der Waals surface area (Å²) in [5, 5.41) is 3.43. The molecule has 18 heavy (non-hydrogen) atoms. The Labute approximate surface area is 112 Å². The van der Waals surface area contributed by atoms with Gasteiger partial charge in [0.15, 0.2) is 0 Å². The number of hydrogen-bond acceptors (Lipinski definition) is 2. The maximum absolute atomic E-state index is 5.98. The summed E-state index contributed by atoms with van der Waals surface area (Å²) >= 11 is 0. The maximum Gasteiger partial charge on any atom is 0.124 e. The minimum atomic E-state index is 0.340. The Bertz CT molecular complexity index is 338. The minimum absolute atomic E-state index is 0.340. The van der Waals surface area contributed by atoms with Crippen molar-refractivity contribution in [1.29, 1.82) is 0 Å². The number of benzene rings is 1. The molecule has 0 amide bonds. The van der Waals surface area contributed by atoms with Crippen LogP contribution in [0.5, 0.6) is 5.75 Å². The number of nitrogens with one attached hydrogen (secondary N) is 1. The summed E-state index contributed by atoms with van der Waals surface area (Å²) in [6.07, 6.45) is 2.45. The molecule has 1 aromatic carbocycles. The second-order valence-corrected chi connectivity index (χ2v) is 5.02. The highest BCUT2D eigenvalue weighted by Gasteiger charge is 2.11. The molecule has 0 aliphatic heterocycles. The molecule has 102 valence electrons. The van der Waals surface area contributed by atoms with E-state index < -0.39 is 0 Å². The van der Waals surface area contributed by atoms with E-state index in [1.165, 1.54) is 18.4 Å². The molecule has 0 fully saturated rings. The van der Waals surface area contributed by atoms with Crippen LogP contribution in [0.1, 0.15) is 52.1 Å². The lowest BCUT2D eigenvalue weighted by Gasteiger charge is -2.19. The van der Waals surface area contributed by atoms with Gasteiger partial charge in [-0.25, -0.2) is 0 Å². The quantitative estimate of drug-likeness (QED) is 0.746. The van der Waals surface area contributed by atoms with Crippen LogP contribution in [0.2, 0.25) is 0 Å². The third-order valence-electron chi connectivity index (χ3n) is 3.20. The predicted molar refractivity (Wildman–Crippen MR) is 78.1 cm³/mol. The Balaban J connectivity index is 2.64. The van der Waals surface area contributed by atoms with Crippen LogP contribution in [0.4, 0.5) is 0 Å². The number of rotatable bonds is 8. The van der Waals surface area contributed by atoms with Gasteiger partial charge in [0.1, 0.15) is 5.75 Å². The van der Waals surface area contributed by atoms with Crippen LogP contribution >= 0.6 is 0 Å². The molecule has 0 aromatic heterocycles. The van der Waals surface area contributed by atoms with Gasteiger partial charge in [-0.15, -0.1) is 0 Å². The standard InChI is InChI=1S/C16H27NO/c1-5-9-13(3)12-18-16-11-8-7-10-15(16)14(4)17-6-2/h7-8,10-11,13-14,17H,5-6,9,12H2,1-4H3. The van der Waals surface area contributed by atoms with E-state index in [1.54, 1.807) is 0 Å². The van der Waals surface area contributed by atoms with Crippen LogP contribution in [0.25, 0.3) is 0 Å². The van der Waals surface area contributed by atoms with Crippen molar-refractivity contribution in [1.82, 2.24) is 5.32 Å². The van der Waals surface area contributed by atoms with Gasteiger partial charge in [-0.1, -0.05) is 45.4 Å². The second-order valence-electron chi connectivity index (χ2n) is 5.02. The molecule has 2 atom stereocenters. The van der Waals surface area contributed by atoms with Gasteiger partial charge in [-0.3, -0.25) is 0 Å². The first kappa shape index (κ1) is 15.0. The van der Waals surface area contributed by atoms with E-state index in [9.17, 15) is 0 Å². The Morgan fingerprint density at radius 3 is 2.56 bits per heavy atom. The van der Waals surface area contributed by atoms with Crippen molar-refractivity contribution in [2.75, 3.05) is 13.2 Å². The average Bonchev–Trinajstić information content (AvgIpc) is 2.37. The Hall–Kier alpha value is -1.02. The summed E-state index contributed by atoms with van der Waals surface area (Å²) in [4.78, 5) is 0. The molecule has 0 aliphatic rings. The van der Waals surface area contributed by atoms with E-state index >= 15 is 0 Å². The van der Waals surface area contributed by atoms with Crippen LogP contribution in [-0.4, -0.2) is 13.2 Å². The van der Waals surface area contributed by atoms with Gasteiger partial charge in [-0.05, 0) is 31.9 Å². The van der Waals surface area contributed by atoms with Gasteiger partial charge in [0.2, 0.25) is 0 Å². The van der Waals surface area contributed by atoms with Gasteiger partial charge in [0.05, 0.1) is 6.61 Å². The summed E-state index contributed by atoms with van der Waals surface area (Å²) in [5.74, 6) is 1.64. The molecule has 1 rings (SSSR count). The van der Waals surface area contributed by atoms with Gasteiger partial charge in [0, 0.05) is 11.6 Å². The molecular weight excluding hydrogens is 222 g/mol. The summed E-state index contributed by atoms with van der Waals surface area (Å²) in [7, 11) is 0. The molecule has 2 heteroatoms. The lowest BCUT2D eigenvalue weighted by atomic mass is 10.1. The van der Waals surface area contributed by atoms with Crippen LogP contribution < -0.4 is 10.1 Å². The fourth-order valence-electron chi connectivity index (χ4n) is 2.19. The zero-order chi connectivity index (χ0) is 13.4. The van der Waals surface area contributed by atoms with E-state index in [4.69, 9.17) is 4.74 Å². The van der Waals surface area contributed by atoms with Crippen molar-refractivity contribution in [3.05, 3.63) is 29.8 Å². The third kappa shape index (κ3) is 4.69. The second kappa shape index (κ2) is 8.15. The average molecular weight is 249 g/mol. The largest absolute Gasteiger partial charge is 0.493 e. The lowest BCUT2D eigenvalue weighted by molar-refractivity contribution is 0.248. The molecule has 2 unspecified atom stereocenters. The molecule has 0 saturated heterocycles. The fraction of sp³-hybridized carbons (Fsp3) is 0.625. The van der Waals surface area contributed by atoms with Crippen molar-refractivity contribution < 1.29 is 4.74 Å². The highest BCUT2D eigenvalue weighted by molar-refractivity contribution is 5.35. The van der Waals surface area contributed by atoms with Crippen molar-refractivity contribution >= 4 is 0 Å². The molecule has 0 spiro atoms. The van der Waals surface area contributed by atoms with E-state index in [2.05, 4.69) is 51.2 Å². The fourth-order valence-corrected chi connectivity index (χ4v) is 2.19. The third-order valence-corrected chi connectivity index (χ3v) is 3.20. The first-order valence-electron chi connectivity index (χ1n) is 7.14. The van der Waals surface area contributed by atoms with Gasteiger partial charge < -0.3 is 10.1 Å². The van der Waals surface area contributed by atoms with Gasteiger partial charge in [0.25, 0.3) is 0 Å². The molecule has 0 radical (unpaired) electrons. The maximum atomic E-state index is 5.98. The summed E-state index contributed by atoms with van der Waals surface area (Å²) in [6.45, 7) is 10.6. The molecule has 0 bridgehead atoms. The van der Waals surface area contributed by atoms with Crippen molar-refractivity contribution in [3.8, 4) is 5.75 Å². The van der Waals surface area contributed by atoms with Crippen molar-refractivity contribution in [3.63, 3.8) is 0 Å². The van der Waals surface area contributed by atoms with Crippen LogP contribution in [0.3, 0.4) is 0 Å². The molecule has 1 aromatic rings. The van der Waals surface area contributed by atoms with Crippen molar-refractivity contribution in [2.45, 2.75) is 46.6 Å². The lowest BCUT2D eigenvalue weighted by Crippen LogP contribution is -2.19. The first-order chi connectivity index (χ1) is 8.69. The number of para-hydroxylation sites is 1. The molecule has 0 heterocycles. The highest BCUT2D eigenvalue weighted by atomic mass is 16.5. The first-order valence-corrected chi connectivity index (χ1v) is 7.14. The zero-order valence-corrected chi connectivity index (χ0v) is 12.2. The van der Waals surface area contributed by atoms with Gasteiger partial charge >= 0.3 is 0 Å². The van der Waals surface area contributed by atoms with Crippen LogP contribution in [0.15, 0.2) is 24.3 Å². The molecule has 0 saturated carbocycles. The van der Waals surface area contributed by atoms with E-state index in [0.717, 1.165) is 18.9 Å². The summed E-state index contributed by atoms with van der Waals surface area (Å²) < 4.78 is 5.98. The van der Waals surface area contributed by atoms with Crippen molar-refractivity contribution in [2.24, 2.45) is 5.92 Å². The van der Waals surface area contributed by atoms with E-state index in [-0.39, 0.29) is 0 Å². The Kier molecular flexibility index (Phi) is 6.81. The SMILES string of the molecule is CCCC(C)COc1ccccc1C(C)NCC. The minimum Gasteiger partial charge on any atom is -0.493 e. The molecule has 1 N–H and O–H groups in total. The molecule has 0 aliphatic carbocycles. The number of ether oxygens (including phenoxy) is 1. The predicted octanol–water partition coefficient (Wildman–Crippen LogP) is 4.17. The highest BCUT2D eigenvalue weighted by Crippen LogP contribution is 2.25. The normalized spacial score (nSPS) is 14.2. The topological polar surface area (TPSA) is 21.3 Å².